The Kier molecular flexibility index (Phi) is 6.47. The number of carbonyl (C=O) groups is 1. The van der Waals surface area contributed by atoms with Gasteiger partial charge in [-0.2, -0.15) is 5.10 Å². The molecule has 35 heavy (non-hydrogen) atoms. The number of aromatic nitrogens is 6. The Morgan fingerprint density at radius 2 is 2.09 bits per heavy atom. The summed E-state index contributed by atoms with van der Waals surface area (Å²) in [6, 6.07) is 14.4. The smallest absolute Gasteiger partial charge is 0.274 e. The molecule has 0 bridgehead atoms. The summed E-state index contributed by atoms with van der Waals surface area (Å²) >= 11 is 0. The molecule has 0 radical (unpaired) electrons. The lowest BCUT2D eigenvalue weighted by molar-refractivity contribution is 0.0218. The van der Waals surface area contributed by atoms with Gasteiger partial charge in [0.25, 0.3) is 5.91 Å². The molecule has 2 atom stereocenters. The van der Waals surface area contributed by atoms with Crippen LogP contribution in [0, 0.1) is 0 Å². The summed E-state index contributed by atoms with van der Waals surface area (Å²) in [5.41, 5.74) is 4.08. The third-order valence-electron chi connectivity index (χ3n) is 6.12. The molecule has 1 aliphatic rings. The minimum absolute atomic E-state index is 0.204. The number of amides is 1. The highest BCUT2D eigenvalue weighted by Gasteiger charge is 2.26. The molecule has 1 amide bonds. The van der Waals surface area contributed by atoms with Crippen LogP contribution in [0.25, 0.3) is 17.1 Å². The van der Waals surface area contributed by atoms with Gasteiger partial charge in [-0.25, -0.2) is 9.67 Å². The largest absolute Gasteiger partial charge is 0.375 e. The van der Waals surface area contributed by atoms with E-state index in [4.69, 9.17) is 0 Å². The number of nitrogens with zero attached hydrogens (tertiary/aromatic N) is 6. The Balaban J connectivity index is 1.24. The van der Waals surface area contributed by atoms with E-state index in [2.05, 4.69) is 37.4 Å². The number of nitrogens with one attached hydrogen (secondary N) is 2. The number of hydrogen-bond donors (Lipinski definition) is 3. The Morgan fingerprint density at radius 3 is 2.86 bits per heavy atom. The molecule has 5 rings (SSSR count). The average molecular weight is 471 g/mol. The van der Waals surface area contributed by atoms with E-state index < -0.39 is 6.23 Å². The quantitative estimate of drug-likeness (QED) is 0.355. The minimum atomic E-state index is -0.640. The standard InChI is InChI=1S/C25H26N8O2/c1-2-24(34)32-14-4-5-17(15-32)23-16-33(31-30-23)19-10-8-18(9-11-19)27-25(35)22-7-3-6-20(28-22)21-12-13-26-29-21/h2-3,6-13,16-17,24,34H,1,4-5,14-15H2,(H,26,29)(H,27,35). The summed E-state index contributed by atoms with van der Waals surface area (Å²) in [5.74, 6) is -0.0959. The van der Waals surface area contributed by atoms with Crippen molar-refractivity contribution in [2.24, 2.45) is 0 Å². The normalized spacial score (nSPS) is 17.1. The number of piperidine rings is 1. The van der Waals surface area contributed by atoms with Gasteiger partial charge >= 0.3 is 0 Å². The first-order valence-electron chi connectivity index (χ1n) is 11.5. The number of aliphatic hydroxyl groups is 1. The first-order valence-corrected chi connectivity index (χ1v) is 11.5. The maximum atomic E-state index is 12.7. The molecule has 10 heteroatoms. The van der Waals surface area contributed by atoms with E-state index in [1.165, 1.54) is 0 Å². The Morgan fingerprint density at radius 1 is 1.23 bits per heavy atom. The zero-order valence-electron chi connectivity index (χ0n) is 19.1. The van der Waals surface area contributed by atoms with Crippen LogP contribution < -0.4 is 5.32 Å². The molecule has 3 N–H and O–H groups in total. The number of H-pyrrole nitrogens is 1. The van der Waals surface area contributed by atoms with Crippen molar-refractivity contribution in [3.63, 3.8) is 0 Å². The first kappa shape index (κ1) is 22.6. The maximum Gasteiger partial charge on any atom is 0.274 e. The summed E-state index contributed by atoms with van der Waals surface area (Å²) < 4.78 is 1.72. The van der Waals surface area contributed by atoms with Crippen molar-refractivity contribution in [2.45, 2.75) is 25.0 Å². The number of likely N-dealkylation sites (tertiary alicyclic amines) is 1. The third-order valence-corrected chi connectivity index (χ3v) is 6.12. The molecule has 2 unspecified atom stereocenters. The molecule has 0 spiro atoms. The lowest BCUT2D eigenvalue weighted by atomic mass is 9.95. The van der Waals surface area contributed by atoms with Gasteiger partial charge in [0.15, 0.2) is 0 Å². The van der Waals surface area contributed by atoms with Crippen LogP contribution in [0.1, 0.15) is 34.9 Å². The second-order valence-electron chi connectivity index (χ2n) is 8.45. The van der Waals surface area contributed by atoms with Crippen LogP contribution >= 0.6 is 0 Å². The highest BCUT2D eigenvalue weighted by atomic mass is 16.3. The van der Waals surface area contributed by atoms with Crippen molar-refractivity contribution in [1.82, 2.24) is 35.1 Å². The molecule has 1 fully saturated rings. The number of rotatable bonds is 7. The number of aliphatic hydroxyl groups excluding tert-OH is 1. The van der Waals surface area contributed by atoms with Crippen molar-refractivity contribution in [3.05, 3.63) is 85.0 Å². The molecule has 4 aromatic rings. The van der Waals surface area contributed by atoms with E-state index in [9.17, 15) is 9.90 Å². The molecule has 3 aromatic heterocycles. The molecule has 0 saturated carbocycles. The monoisotopic (exact) mass is 470 g/mol. The topological polar surface area (TPSA) is 125 Å². The van der Waals surface area contributed by atoms with Crippen LogP contribution in [0.5, 0.6) is 0 Å². The highest BCUT2D eigenvalue weighted by molar-refractivity contribution is 6.03. The molecule has 10 nitrogen and oxygen atoms in total. The van der Waals surface area contributed by atoms with Gasteiger partial charge in [0, 0.05) is 30.9 Å². The van der Waals surface area contributed by atoms with Gasteiger partial charge in [0.2, 0.25) is 0 Å². The zero-order chi connectivity index (χ0) is 24.2. The summed E-state index contributed by atoms with van der Waals surface area (Å²) in [5, 5.41) is 28.4. The van der Waals surface area contributed by atoms with Crippen LogP contribution in [0.2, 0.25) is 0 Å². The van der Waals surface area contributed by atoms with Crippen molar-refractivity contribution in [1.29, 1.82) is 0 Å². The van der Waals surface area contributed by atoms with Crippen molar-refractivity contribution >= 4 is 11.6 Å². The second kappa shape index (κ2) is 10.00. The highest BCUT2D eigenvalue weighted by Crippen LogP contribution is 2.27. The fraction of sp³-hybridized carbons (Fsp3) is 0.240. The van der Waals surface area contributed by atoms with E-state index in [-0.39, 0.29) is 11.8 Å². The SMILES string of the molecule is C=CC(O)N1CCCC(c2cn(-c3ccc(NC(=O)c4cccc(-c5ccn[nH]5)n4)cc3)nn2)C1. The van der Waals surface area contributed by atoms with E-state index in [1.54, 1.807) is 35.2 Å². The Bertz CT molecular complexity index is 1300. The van der Waals surface area contributed by atoms with Gasteiger partial charge in [-0.3, -0.25) is 14.8 Å². The van der Waals surface area contributed by atoms with Gasteiger partial charge in [-0.1, -0.05) is 17.9 Å². The summed E-state index contributed by atoms with van der Waals surface area (Å²) in [4.78, 5) is 19.1. The summed E-state index contributed by atoms with van der Waals surface area (Å²) in [7, 11) is 0. The van der Waals surface area contributed by atoms with E-state index >= 15 is 0 Å². The van der Waals surface area contributed by atoms with Gasteiger partial charge in [0.05, 0.1) is 29.0 Å². The van der Waals surface area contributed by atoms with Crippen LogP contribution in [-0.4, -0.2) is 65.4 Å². The third kappa shape index (κ3) is 5.03. The van der Waals surface area contributed by atoms with Gasteiger partial charge in [-0.05, 0) is 61.4 Å². The average Bonchev–Trinajstić information content (AvgIpc) is 3.62. The Labute approximate surface area is 202 Å². The molecule has 4 heterocycles. The predicted octanol–water partition coefficient (Wildman–Crippen LogP) is 2.99. The summed E-state index contributed by atoms with van der Waals surface area (Å²) in [6.07, 6.45) is 6.45. The zero-order valence-corrected chi connectivity index (χ0v) is 19.1. The second-order valence-corrected chi connectivity index (χ2v) is 8.45. The fourth-order valence-corrected chi connectivity index (χ4v) is 4.23. The van der Waals surface area contributed by atoms with E-state index in [1.807, 2.05) is 41.4 Å². The first-order chi connectivity index (χ1) is 17.1. The Hall–Kier alpha value is -4.15. The lowest BCUT2D eigenvalue weighted by Gasteiger charge is -2.33. The molecular formula is C25H26N8O2. The van der Waals surface area contributed by atoms with Gasteiger partial charge in [0.1, 0.15) is 11.9 Å². The molecule has 0 aliphatic carbocycles. The summed E-state index contributed by atoms with van der Waals surface area (Å²) in [6.45, 7) is 5.23. The number of aromatic amines is 1. The van der Waals surface area contributed by atoms with E-state index in [0.29, 0.717) is 23.6 Å². The number of hydrogen-bond acceptors (Lipinski definition) is 7. The molecule has 1 aromatic carbocycles. The van der Waals surface area contributed by atoms with Crippen LogP contribution in [0.4, 0.5) is 5.69 Å². The fourth-order valence-electron chi connectivity index (χ4n) is 4.23. The van der Waals surface area contributed by atoms with E-state index in [0.717, 1.165) is 36.5 Å². The van der Waals surface area contributed by atoms with Crippen molar-refractivity contribution in [2.75, 3.05) is 18.4 Å². The number of pyridine rings is 1. The molecule has 1 saturated heterocycles. The molecule has 1 aliphatic heterocycles. The number of anilines is 1. The lowest BCUT2D eigenvalue weighted by Crippen LogP contribution is -2.41. The number of carbonyl (C=O) groups excluding carboxylic acids is 1. The molecular weight excluding hydrogens is 444 g/mol. The number of benzene rings is 1. The van der Waals surface area contributed by atoms with Crippen LogP contribution in [0.15, 0.2) is 73.6 Å². The van der Waals surface area contributed by atoms with Crippen LogP contribution in [-0.2, 0) is 0 Å². The van der Waals surface area contributed by atoms with Gasteiger partial charge in [-0.15, -0.1) is 5.10 Å². The van der Waals surface area contributed by atoms with Crippen LogP contribution in [0.3, 0.4) is 0 Å². The van der Waals surface area contributed by atoms with Crippen molar-refractivity contribution in [3.8, 4) is 17.1 Å². The predicted molar refractivity (Wildman–Crippen MR) is 131 cm³/mol. The van der Waals surface area contributed by atoms with Crippen molar-refractivity contribution < 1.29 is 9.90 Å². The van der Waals surface area contributed by atoms with Gasteiger partial charge < -0.3 is 10.4 Å². The maximum absolute atomic E-state index is 12.7. The molecule has 178 valence electrons. The minimum Gasteiger partial charge on any atom is -0.375 e.